The molecule has 0 aliphatic rings. The first kappa shape index (κ1) is 16.0. The number of aromatic nitrogens is 2. The molecule has 2 N–H and O–H groups in total. The third-order valence-electron chi connectivity index (χ3n) is 2.74. The number of halogens is 2. The van der Waals surface area contributed by atoms with Gasteiger partial charge in [0.05, 0.1) is 18.7 Å². The SMILES string of the molecule is CCOC(=O)c1nc(-c2ccc(Cl)c(F)c2)nc(N)c1OC. The van der Waals surface area contributed by atoms with Gasteiger partial charge in [-0.05, 0) is 25.1 Å². The number of hydrogen-bond acceptors (Lipinski definition) is 6. The van der Waals surface area contributed by atoms with Gasteiger partial charge in [0.2, 0.25) is 0 Å². The van der Waals surface area contributed by atoms with Gasteiger partial charge < -0.3 is 15.2 Å². The summed E-state index contributed by atoms with van der Waals surface area (Å²) < 4.78 is 23.5. The predicted molar refractivity (Wildman–Crippen MR) is 79.4 cm³/mol. The zero-order valence-corrected chi connectivity index (χ0v) is 12.6. The highest BCUT2D eigenvalue weighted by Crippen LogP contribution is 2.28. The number of methoxy groups -OCH3 is 1. The summed E-state index contributed by atoms with van der Waals surface area (Å²) in [4.78, 5) is 20.0. The zero-order valence-electron chi connectivity index (χ0n) is 11.9. The van der Waals surface area contributed by atoms with Crippen molar-refractivity contribution in [3.8, 4) is 17.1 Å². The molecule has 0 saturated carbocycles. The van der Waals surface area contributed by atoms with E-state index < -0.39 is 11.8 Å². The Morgan fingerprint density at radius 2 is 2.14 bits per heavy atom. The number of rotatable bonds is 4. The lowest BCUT2D eigenvalue weighted by Gasteiger charge is -2.11. The van der Waals surface area contributed by atoms with Crippen molar-refractivity contribution in [1.82, 2.24) is 9.97 Å². The molecule has 22 heavy (non-hydrogen) atoms. The van der Waals surface area contributed by atoms with Gasteiger partial charge in [-0.1, -0.05) is 11.6 Å². The minimum Gasteiger partial charge on any atom is -0.491 e. The summed E-state index contributed by atoms with van der Waals surface area (Å²) >= 11 is 5.64. The molecular formula is C14H13ClFN3O3. The molecule has 116 valence electrons. The molecule has 2 rings (SSSR count). The van der Waals surface area contributed by atoms with Gasteiger partial charge in [-0.15, -0.1) is 0 Å². The largest absolute Gasteiger partial charge is 0.491 e. The van der Waals surface area contributed by atoms with Crippen LogP contribution in [0.3, 0.4) is 0 Å². The Balaban J connectivity index is 2.58. The number of carbonyl (C=O) groups excluding carboxylic acids is 1. The molecule has 1 aromatic heterocycles. The van der Waals surface area contributed by atoms with Crippen molar-refractivity contribution in [2.75, 3.05) is 19.5 Å². The molecule has 1 heterocycles. The second kappa shape index (κ2) is 6.57. The van der Waals surface area contributed by atoms with Crippen molar-refractivity contribution in [3.63, 3.8) is 0 Å². The van der Waals surface area contributed by atoms with Crippen LogP contribution < -0.4 is 10.5 Å². The Bertz CT molecular complexity index is 725. The van der Waals surface area contributed by atoms with Gasteiger partial charge in [0.15, 0.2) is 23.1 Å². The van der Waals surface area contributed by atoms with Crippen LogP contribution in [0.1, 0.15) is 17.4 Å². The molecule has 0 saturated heterocycles. The fourth-order valence-electron chi connectivity index (χ4n) is 1.77. The van der Waals surface area contributed by atoms with Crippen molar-refractivity contribution in [1.29, 1.82) is 0 Å². The van der Waals surface area contributed by atoms with Crippen LogP contribution in [0.2, 0.25) is 5.02 Å². The zero-order chi connectivity index (χ0) is 16.3. The quantitative estimate of drug-likeness (QED) is 0.870. The van der Waals surface area contributed by atoms with Gasteiger partial charge >= 0.3 is 5.97 Å². The normalized spacial score (nSPS) is 10.4. The molecule has 0 bridgehead atoms. The van der Waals surface area contributed by atoms with E-state index in [1.807, 2.05) is 0 Å². The van der Waals surface area contributed by atoms with Gasteiger partial charge in [-0.25, -0.2) is 19.2 Å². The van der Waals surface area contributed by atoms with E-state index in [0.717, 1.165) is 6.07 Å². The van der Waals surface area contributed by atoms with Crippen LogP contribution in [0, 0.1) is 5.82 Å². The molecule has 1 aromatic carbocycles. The number of nitrogen functional groups attached to an aromatic ring is 1. The molecule has 0 fully saturated rings. The first-order valence-electron chi connectivity index (χ1n) is 6.32. The lowest BCUT2D eigenvalue weighted by molar-refractivity contribution is 0.0515. The maximum Gasteiger partial charge on any atom is 0.361 e. The van der Waals surface area contributed by atoms with Crippen LogP contribution in [0.15, 0.2) is 18.2 Å². The summed E-state index contributed by atoms with van der Waals surface area (Å²) in [5, 5.41) is -0.0316. The summed E-state index contributed by atoms with van der Waals surface area (Å²) in [5.41, 5.74) is 5.97. The molecule has 8 heteroatoms. The van der Waals surface area contributed by atoms with E-state index in [4.69, 9.17) is 26.8 Å². The number of esters is 1. The van der Waals surface area contributed by atoms with Crippen LogP contribution in [-0.4, -0.2) is 29.7 Å². The first-order valence-corrected chi connectivity index (χ1v) is 6.69. The number of benzene rings is 1. The standard InChI is InChI=1S/C14H13ClFN3O3/c1-3-22-14(20)10-11(21-2)12(17)19-13(18-10)7-4-5-8(15)9(16)6-7/h4-6H,3H2,1-2H3,(H2,17,18,19). The first-order chi connectivity index (χ1) is 10.5. The molecule has 6 nitrogen and oxygen atoms in total. The molecular weight excluding hydrogens is 313 g/mol. The molecule has 0 atom stereocenters. The Morgan fingerprint density at radius 1 is 1.41 bits per heavy atom. The topological polar surface area (TPSA) is 87.3 Å². The Kier molecular flexibility index (Phi) is 4.77. The fourth-order valence-corrected chi connectivity index (χ4v) is 1.89. The Hall–Kier alpha value is -2.41. The third kappa shape index (κ3) is 3.09. The number of carbonyl (C=O) groups is 1. The van der Waals surface area contributed by atoms with Crippen molar-refractivity contribution < 1.29 is 18.7 Å². The summed E-state index contributed by atoms with van der Waals surface area (Å²) in [6, 6.07) is 4.03. The second-order valence-electron chi connectivity index (χ2n) is 4.16. The molecule has 2 aromatic rings. The van der Waals surface area contributed by atoms with E-state index in [2.05, 4.69) is 9.97 Å². The molecule has 0 unspecified atom stereocenters. The van der Waals surface area contributed by atoms with Crippen molar-refractivity contribution in [2.45, 2.75) is 6.92 Å². The van der Waals surface area contributed by atoms with Crippen LogP contribution in [0.4, 0.5) is 10.2 Å². The number of ether oxygens (including phenoxy) is 2. The number of anilines is 1. The highest BCUT2D eigenvalue weighted by molar-refractivity contribution is 6.30. The van der Waals surface area contributed by atoms with Crippen LogP contribution in [0.5, 0.6) is 5.75 Å². The van der Waals surface area contributed by atoms with Gasteiger partial charge in [-0.2, -0.15) is 0 Å². The van der Waals surface area contributed by atoms with E-state index in [1.165, 1.54) is 19.2 Å². The molecule has 0 radical (unpaired) electrons. The molecule has 0 spiro atoms. The Labute approximate surface area is 131 Å². The Morgan fingerprint density at radius 3 is 2.73 bits per heavy atom. The van der Waals surface area contributed by atoms with E-state index in [9.17, 15) is 9.18 Å². The monoisotopic (exact) mass is 325 g/mol. The molecule has 0 aliphatic carbocycles. The van der Waals surface area contributed by atoms with Gasteiger partial charge in [0.25, 0.3) is 0 Å². The van der Waals surface area contributed by atoms with E-state index in [1.54, 1.807) is 6.92 Å². The average Bonchev–Trinajstić information content (AvgIpc) is 2.49. The highest BCUT2D eigenvalue weighted by Gasteiger charge is 2.21. The van der Waals surface area contributed by atoms with Crippen molar-refractivity contribution in [3.05, 3.63) is 34.7 Å². The number of hydrogen-bond donors (Lipinski definition) is 1. The molecule has 0 amide bonds. The summed E-state index contributed by atoms with van der Waals surface area (Å²) in [6.07, 6.45) is 0. The van der Waals surface area contributed by atoms with Crippen molar-refractivity contribution >= 4 is 23.4 Å². The van der Waals surface area contributed by atoms with E-state index in [-0.39, 0.29) is 34.7 Å². The lowest BCUT2D eigenvalue weighted by atomic mass is 10.2. The highest BCUT2D eigenvalue weighted by atomic mass is 35.5. The van der Waals surface area contributed by atoms with Crippen molar-refractivity contribution in [2.24, 2.45) is 0 Å². The maximum absolute atomic E-state index is 13.6. The number of nitrogens with two attached hydrogens (primary N) is 1. The summed E-state index contributed by atoms with van der Waals surface area (Å²) in [6.45, 7) is 1.82. The minimum atomic E-state index is -0.705. The van der Waals surface area contributed by atoms with Gasteiger partial charge in [-0.3, -0.25) is 0 Å². The van der Waals surface area contributed by atoms with E-state index >= 15 is 0 Å². The number of nitrogens with zero attached hydrogens (tertiary/aromatic N) is 2. The predicted octanol–water partition coefficient (Wildman–Crippen LogP) is 2.70. The van der Waals surface area contributed by atoms with Crippen LogP contribution in [-0.2, 0) is 4.74 Å². The van der Waals surface area contributed by atoms with Gasteiger partial charge in [0, 0.05) is 5.56 Å². The molecule has 0 aliphatic heterocycles. The fraction of sp³-hybridized carbons (Fsp3) is 0.214. The van der Waals surface area contributed by atoms with Crippen LogP contribution >= 0.6 is 11.6 Å². The third-order valence-corrected chi connectivity index (χ3v) is 3.05. The van der Waals surface area contributed by atoms with Gasteiger partial charge in [0.1, 0.15) is 5.82 Å². The van der Waals surface area contributed by atoms with E-state index in [0.29, 0.717) is 5.56 Å². The minimum absolute atomic E-state index is 0.0108. The van der Waals surface area contributed by atoms with Crippen LogP contribution in [0.25, 0.3) is 11.4 Å². The smallest absolute Gasteiger partial charge is 0.361 e. The summed E-state index contributed by atoms with van der Waals surface area (Å²) in [7, 11) is 1.33. The second-order valence-corrected chi connectivity index (χ2v) is 4.57. The lowest BCUT2D eigenvalue weighted by Crippen LogP contribution is -2.13. The average molecular weight is 326 g/mol. The summed E-state index contributed by atoms with van der Waals surface area (Å²) in [5.74, 6) is -1.31. The maximum atomic E-state index is 13.6.